The van der Waals surface area contributed by atoms with Gasteiger partial charge in [-0.3, -0.25) is 9.52 Å². The van der Waals surface area contributed by atoms with Crippen LogP contribution in [0.5, 0.6) is 5.75 Å². The summed E-state index contributed by atoms with van der Waals surface area (Å²) >= 11 is 0. The number of methoxy groups -OCH3 is 1. The van der Waals surface area contributed by atoms with Crippen molar-refractivity contribution < 1.29 is 17.9 Å². The average Bonchev–Trinajstić information content (AvgIpc) is 2.89. The molecule has 0 fully saturated rings. The molecule has 0 spiro atoms. The number of anilines is 2. The van der Waals surface area contributed by atoms with Gasteiger partial charge in [0, 0.05) is 38.6 Å². The van der Waals surface area contributed by atoms with E-state index in [2.05, 4.69) is 18.6 Å². The Kier molecular flexibility index (Phi) is 9.80. The lowest BCUT2D eigenvalue weighted by molar-refractivity contribution is -0.134. The van der Waals surface area contributed by atoms with E-state index in [1.54, 1.807) is 18.2 Å². The topological polar surface area (TPSA) is 79.0 Å². The summed E-state index contributed by atoms with van der Waals surface area (Å²) in [6, 6.07) is 21.6. The number of rotatable bonds is 12. The van der Waals surface area contributed by atoms with Gasteiger partial charge < -0.3 is 14.5 Å². The minimum Gasteiger partial charge on any atom is -0.497 e. The average molecular weight is 538 g/mol. The summed E-state index contributed by atoms with van der Waals surface area (Å²) in [5.41, 5.74) is 3.23. The smallest absolute Gasteiger partial charge is 0.261 e. The van der Waals surface area contributed by atoms with Gasteiger partial charge in [0.1, 0.15) is 5.75 Å². The number of nitrogens with one attached hydrogen (secondary N) is 1. The Labute approximate surface area is 227 Å². The van der Waals surface area contributed by atoms with Gasteiger partial charge in [0.25, 0.3) is 10.0 Å². The highest BCUT2D eigenvalue weighted by atomic mass is 32.2. The number of sulfonamides is 1. The SMILES string of the molecule is CC[C@H](C(=O)N(Cc1cc(NS(=O)(=O)c2ccc(OC)cc2)ccc1N(C)C)CC(C)C)c1ccccc1. The predicted octanol–water partition coefficient (Wildman–Crippen LogP) is 5.74. The van der Waals surface area contributed by atoms with Crippen molar-refractivity contribution in [3.8, 4) is 5.75 Å². The predicted molar refractivity (Wildman–Crippen MR) is 154 cm³/mol. The van der Waals surface area contributed by atoms with E-state index in [9.17, 15) is 13.2 Å². The van der Waals surface area contributed by atoms with Crippen molar-refractivity contribution in [2.75, 3.05) is 37.4 Å². The van der Waals surface area contributed by atoms with Crippen LogP contribution in [-0.2, 0) is 21.4 Å². The molecule has 204 valence electrons. The van der Waals surface area contributed by atoms with Gasteiger partial charge in [-0.25, -0.2) is 8.42 Å². The molecule has 8 heteroatoms. The minimum absolute atomic E-state index is 0.0707. The van der Waals surface area contributed by atoms with Crippen LogP contribution >= 0.6 is 0 Å². The number of hydrogen-bond acceptors (Lipinski definition) is 5. The van der Waals surface area contributed by atoms with Gasteiger partial charge >= 0.3 is 0 Å². The lowest BCUT2D eigenvalue weighted by Gasteiger charge is -2.30. The second-order valence-electron chi connectivity index (χ2n) is 10.0. The molecule has 3 rings (SSSR count). The third kappa shape index (κ3) is 7.28. The molecule has 3 aromatic rings. The Bertz CT molecular complexity index is 1310. The fourth-order valence-corrected chi connectivity index (χ4v) is 5.57. The molecule has 0 unspecified atom stereocenters. The molecule has 1 atom stereocenters. The third-order valence-electron chi connectivity index (χ3n) is 6.35. The Morgan fingerprint density at radius 3 is 2.18 bits per heavy atom. The molecule has 3 aromatic carbocycles. The normalized spacial score (nSPS) is 12.2. The van der Waals surface area contributed by atoms with E-state index in [0.717, 1.165) is 16.8 Å². The Balaban J connectivity index is 1.94. The molecule has 0 aliphatic rings. The van der Waals surface area contributed by atoms with Crippen LogP contribution in [-0.4, -0.2) is 47.0 Å². The number of ether oxygens (including phenoxy) is 1. The maximum Gasteiger partial charge on any atom is 0.261 e. The molecule has 0 bridgehead atoms. The maximum atomic E-state index is 13.8. The van der Waals surface area contributed by atoms with E-state index in [1.165, 1.54) is 19.2 Å². The summed E-state index contributed by atoms with van der Waals surface area (Å²) < 4.78 is 34.0. The van der Waals surface area contributed by atoms with E-state index in [1.807, 2.05) is 73.3 Å². The molecular weight excluding hydrogens is 498 g/mol. The number of amides is 1. The minimum atomic E-state index is -3.81. The van der Waals surface area contributed by atoms with E-state index in [0.29, 0.717) is 30.9 Å². The van der Waals surface area contributed by atoms with E-state index >= 15 is 0 Å². The van der Waals surface area contributed by atoms with Crippen LogP contribution in [0.25, 0.3) is 0 Å². The number of hydrogen-bond donors (Lipinski definition) is 1. The summed E-state index contributed by atoms with van der Waals surface area (Å²) in [6.07, 6.45) is 0.694. The van der Waals surface area contributed by atoms with Gasteiger partial charge in [-0.2, -0.15) is 0 Å². The van der Waals surface area contributed by atoms with Gasteiger partial charge in [0.05, 0.1) is 17.9 Å². The van der Waals surface area contributed by atoms with Crippen LogP contribution in [0.4, 0.5) is 11.4 Å². The molecule has 0 saturated heterocycles. The zero-order valence-electron chi connectivity index (χ0n) is 23.1. The number of carbonyl (C=O) groups excluding carboxylic acids is 1. The molecule has 38 heavy (non-hydrogen) atoms. The monoisotopic (exact) mass is 537 g/mol. The zero-order valence-corrected chi connectivity index (χ0v) is 24.0. The quantitative estimate of drug-likeness (QED) is 0.319. The van der Waals surface area contributed by atoms with Gasteiger partial charge in [-0.15, -0.1) is 0 Å². The highest BCUT2D eigenvalue weighted by Gasteiger charge is 2.26. The van der Waals surface area contributed by atoms with Gasteiger partial charge in [-0.1, -0.05) is 51.1 Å². The van der Waals surface area contributed by atoms with Crippen LogP contribution in [0.1, 0.15) is 44.2 Å². The van der Waals surface area contributed by atoms with Crippen LogP contribution in [0.15, 0.2) is 77.7 Å². The Morgan fingerprint density at radius 2 is 1.63 bits per heavy atom. The summed E-state index contributed by atoms with van der Waals surface area (Å²) in [4.78, 5) is 17.9. The summed E-state index contributed by atoms with van der Waals surface area (Å²) in [6.45, 7) is 7.18. The second-order valence-corrected chi connectivity index (χ2v) is 11.7. The molecule has 0 aliphatic heterocycles. The lowest BCUT2D eigenvalue weighted by atomic mass is 9.94. The van der Waals surface area contributed by atoms with Crippen molar-refractivity contribution in [1.29, 1.82) is 0 Å². The highest BCUT2D eigenvalue weighted by molar-refractivity contribution is 7.92. The first-order chi connectivity index (χ1) is 18.1. The molecule has 7 nitrogen and oxygen atoms in total. The first-order valence-corrected chi connectivity index (χ1v) is 14.3. The Hall–Kier alpha value is -3.52. The zero-order chi connectivity index (χ0) is 27.9. The molecule has 0 saturated carbocycles. The van der Waals surface area contributed by atoms with Crippen molar-refractivity contribution in [3.63, 3.8) is 0 Å². The van der Waals surface area contributed by atoms with E-state index in [-0.39, 0.29) is 22.6 Å². The number of nitrogens with zero attached hydrogens (tertiary/aromatic N) is 2. The van der Waals surface area contributed by atoms with Crippen LogP contribution in [0.3, 0.4) is 0 Å². The number of carbonyl (C=O) groups is 1. The van der Waals surface area contributed by atoms with Gasteiger partial charge in [0.15, 0.2) is 0 Å². The summed E-state index contributed by atoms with van der Waals surface area (Å²) in [5, 5.41) is 0. The fraction of sp³-hybridized carbons (Fsp3) is 0.367. The molecule has 0 aliphatic carbocycles. The molecule has 1 N–H and O–H groups in total. The Morgan fingerprint density at radius 1 is 0.974 bits per heavy atom. The molecule has 0 radical (unpaired) electrons. The standard InChI is InChI=1S/C30H39N3O4S/c1-7-28(23-11-9-8-10-12-23)30(34)33(20-22(2)3)21-24-19-25(13-18-29(24)32(4)5)31-38(35,36)27-16-14-26(37-6)15-17-27/h8-19,22,28,31H,7,20-21H2,1-6H3/t28-/m0/s1. The van der Waals surface area contributed by atoms with Gasteiger partial charge in [0.2, 0.25) is 5.91 Å². The second kappa shape index (κ2) is 12.8. The van der Waals surface area contributed by atoms with Crippen molar-refractivity contribution in [2.24, 2.45) is 5.92 Å². The van der Waals surface area contributed by atoms with Crippen LogP contribution in [0, 0.1) is 5.92 Å². The highest BCUT2D eigenvalue weighted by Crippen LogP contribution is 2.29. The van der Waals surface area contributed by atoms with Crippen LogP contribution < -0.4 is 14.4 Å². The fourth-order valence-electron chi connectivity index (χ4n) is 4.52. The molecular formula is C30H39N3O4S. The first-order valence-electron chi connectivity index (χ1n) is 12.9. The molecule has 1 amide bonds. The third-order valence-corrected chi connectivity index (χ3v) is 7.75. The van der Waals surface area contributed by atoms with Gasteiger partial charge in [-0.05, 0) is 65.9 Å². The number of benzene rings is 3. The summed E-state index contributed by atoms with van der Waals surface area (Å²) in [5.74, 6) is 0.681. The lowest BCUT2D eigenvalue weighted by Crippen LogP contribution is -2.37. The summed E-state index contributed by atoms with van der Waals surface area (Å²) in [7, 11) is 1.60. The van der Waals surface area contributed by atoms with Crippen molar-refractivity contribution in [1.82, 2.24) is 4.90 Å². The van der Waals surface area contributed by atoms with Crippen molar-refractivity contribution in [3.05, 3.63) is 83.9 Å². The van der Waals surface area contributed by atoms with Crippen molar-refractivity contribution in [2.45, 2.75) is 44.6 Å². The maximum absolute atomic E-state index is 13.8. The first kappa shape index (κ1) is 29.0. The van der Waals surface area contributed by atoms with E-state index < -0.39 is 10.0 Å². The largest absolute Gasteiger partial charge is 0.497 e. The molecule has 0 aromatic heterocycles. The van der Waals surface area contributed by atoms with Crippen molar-refractivity contribution >= 4 is 27.3 Å². The molecule has 0 heterocycles. The van der Waals surface area contributed by atoms with E-state index in [4.69, 9.17) is 4.74 Å². The van der Waals surface area contributed by atoms with Crippen LogP contribution in [0.2, 0.25) is 0 Å².